The minimum absolute atomic E-state index is 0.319. The predicted octanol–water partition coefficient (Wildman–Crippen LogP) is 4.31. The van der Waals surface area contributed by atoms with Crippen LogP contribution >= 0.6 is 15.9 Å². The van der Waals surface area contributed by atoms with Crippen molar-refractivity contribution >= 4 is 15.9 Å². The lowest BCUT2D eigenvalue weighted by Crippen LogP contribution is -2.37. The summed E-state index contributed by atoms with van der Waals surface area (Å²) in [5.74, 6) is -0.319. The van der Waals surface area contributed by atoms with Crippen molar-refractivity contribution in [2.45, 2.75) is 51.0 Å². The normalized spacial score (nSPS) is 21.0. The van der Waals surface area contributed by atoms with Crippen LogP contribution in [-0.2, 0) is 0 Å². The number of benzene rings is 1. The van der Waals surface area contributed by atoms with Crippen LogP contribution in [0.25, 0.3) is 0 Å². The molecule has 1 aliphatic rings. The third-order valence-corrected chi connectivity index (χ3v) is 5.31. The van der Waals surface area contributed by atoms with Crippen molar-refractivity contribution in [2.24, 2.45) is 11.1 Å². The number of rotatable bonds is 3. The van der Waals surface area contributed by atoms with Gasteiger partial charge in [0.25, 0.3) is 0 Å². The van der Waals surface area contributed by atoms with E-state index >= 15 is 0 Å². The molecule has 0 radical (unpaired) electrons. The first-order valence-electron chi connectivity index (χ1n) is 7.42. The highest BCUT2D eigenvalue weighted by molar-refractivity contribution is 9.10. The zero-order valence-electron chi connectivity index (χ0n) is 11.7. The topological polar surface area (TPSA) is 46.2 Å². The summed E-state index contributed by atoms with van der Waals surface area (Å²) in [6.07, 6.45) is 6.93. The Bertz CT molecular complexity index is 444. The quantitative estimate of drug-likeness (QED) is 0.858. The molecule has 1 aromatic carbocycles. The second kappa shape index (κ2) is 7.01. The van der Waals surface area contributed by atoms with Gasteiger partial charge in [0.1, 0.15) is 5.82 Å². The maximum absolute atomic E-state index is 13.5. The lowest BCUT2D eigenvalue weighted by Gasteiger charge is -2.39. The van der Waals surface area contributed by atoms with E-state index in [4.69, 9.17) is 5.73 Å². The fourth-order valence-corrected chi connectivity index (χ4v) is 3.72. The molecular formula is C16H23BrFNO. The molecular weight excluding hydrogens is 321 g/mol. The highest BCUT2D eigenvalue weighted by atomic mass is 79.9. The molecule has 1 fully saturated rings. The van der Waals surface area contributed by atoms with Crippen LogP contribution in [0.3, 0.4) is 0 Å². The van der Waals surface area contributed by atoms with E-state index in [9.17, 15) is 9.50 Å². The number of hydrogen-bond acceptors (Lipinski definition) is 2. The van der Waals surface area contributed by atoms with Crippen molar-refractivity contribution in [1.82, 2.24) is 0 Å². The molecule has 20 heavy (non-hydrogen) atoms. The van der Waals surface area contributed by atoms with Crippen LogP contribution in [0.2, 0.25) is 0 Å². The molecule has 4 heteroatoms. The number of aliphatic hydroxyl groups is 1. The molecule has 2 nitrogen and oxygen atoms in total. The number of hydrogen-bond donors (Lipinski definition) is 2. The van der Waals surface area contributed by atoms with Gasteiger partial charge in [-0.2, -0.15) is 0 Å². The summed E-state index contributed by atoms with van der Waals surface area (Å²) >= 11 is 3.42. The average Bonchev–Trinajstić information content (AvgIpc) is 2.41. The van der Waals surface area contributed by atoms with Crippen molar-refractivity contribution in [3.63, 3.8) is 0 Å². The Kier molecular flexibility index (Phi) is 5.58. The molecule has 1 aliphatic carbocycles. The molecule has 0 amide bonds. The Morgan fingerprint density at radius 2 is 1.80 bits per heavy atom. The minimum Gasteiger partial charge on any atom is -0.388 e. The second-order valence-electron chi connectivity index (χ2n) is 5.90. The predicted molar refractivity (Wildman–Crippen MR) is 82.9 cm³/mol. The number of aliphatic hydroxyl groups excluding tert-OH is 1. The largest absolute Gasteiger partial charge is 0.388 e. The van der Waals surface area contributed by atoms with Gasteiger partial charge >= 0.3 is 0 Å². The molecule has 112 valence electrons. The molecule has 0 heterocycles. The van der Waals surface area contributed by atoms with Gasteiger partial charge < -0.3 is 10.8 Å². The van der Waals surface area contributed by atoms with Crippen LogP contribution in [0.4, 0.5) is 4.39 Å². The first-order chi connectivity index (χ1) is 9.59. The first-order valence-corrected chi connectivity index (χ1v) is 8.21. The molecule has 1 atom stereocenters. The van der Waals surface area contributed by atoms with E-state index < -0.39 is 6.10 Å². The molecule has 1 unspecified atom stereocenters. The van der Waals surface area contributed by atoms with Gasteiger partial charge in [-0.3, -0.25) is 0 Å². The molecule has 0 saturated heterocycles. The van der Waals surface area contributed by atoms with Crippen molar-refractivity contribution in [1.29, 1.82) is 0 Å². The molecule has 2 rings (SSSR count). The van der Waals surface area contributed by atoms with E-state index in [-0.39, 0.29) is 11.2 Å². The smallest absolute Gasteiger partial charge is 0.123 e. The molecule has 1 saturated carbocycles. The fraction of sp³-hybridized carbons (Fsp3) is 0.625. The Morgan fingerprint density at radius 1 is 1.20 bits per heavy atom. The van der Waals surface area contributed by atoms with Crippen LogP contribution in [0.15, 0.2) is 22.7 Å². The van der Waals surface area contributed by atoms with Gasteiger partial charge in [0.05, 0.1) is 6.10 Å². The van der Waals surface area contributed by atoms with E-state index in [2.05, 4.69) is 15.9 Å². The highest BCUT2D eigenvalue weighted by Crippen LogP contribution is 2.45. The fourth-order valence-electron chi connectivity index (χ4n) is 3.25. The van der Waals surface area contributed by atoms with Crippen molar-refractivity contribution in [2.75, 3.05) is 6.54 Å². The van der Waals surface area contributed by atoms with Crippen LogP contribution in [-0.4, -0.2) is 11.7 Å². The molecule has 0 bridgehead atoms. The Balaban J connectivity index is 2.30. The van der Waals surface area contributed by atoms with Gasteiger partial charge in [-0.1, -0.05) is 48.0 Å². The maximum Gasteiger partial charge on any atom is 0.123 e. The lowest BCUT2D eigenvalue weighted by atomic mass is 9.70. The summed E-state index contributed by atoms with van der Waals surface area (Å²) < 4.78 is 14.2. The molecule has 3 N–H and O–H groups in total. The second-order valence-corrected chi connectivity index (χ2v) is 6.76. The van der Waals surface area contributed by atoms with E-state index in [1.165, 1.54) is 31.4 Å². The third-order valence-electron chi connectivity index (χ3n) is 4.59. The number of halogens is 2. The van der Waals surface area contributed by atoms with E-state index in [1.807, 2.05) is 0 Å². The summed E-state index contributed by atoms with van der Waals surface area (Å²) in [4.78, 5) is 0. The van der Waals surface area contributed by atoms with Crippen LogP contribution in [0.1, 0.15) is 56.6 Å². The minimum atomic E-state index is -0.712. The zero-order chi connectivity index (χ0) is 14.6. The summed E-state index contributed by atoms with van der Waals surface area (Å²) in [6.45, 7) is 0.442. The summed E-state index contributed by atoms with van der Waals surface area (Å²) in [5.41, 5.74) is 6.31. The molecule has 1 aromatic rings. The Labute approximate surface area is 128 Å². The molecule has 0 spiro atoms. The molecule has 0 aromatic heterocycles. The van der Waals surface area contributed by atoms with E-state index in [0.29, 0.717) is 12.1 Å². The summed E-state index contributed by atoms with van der Waals surface area (Å²) in [6, 6.07) is 4.47. The van der Waals surface area contributed by atoms with Gasteiger partial charge in [-0.25, -0.2) is 4.39 Å². The Morgan fingerprint density at radius 3 is 2.40 bits per heavy atom. The van der Waals surface area contributed by atoms with Crippen LogP contribution in [0, 0.1) is 11.2 Å². The van der Waals surface area contributed by atoms with Crippen LogP contribution < -0.4 is 5.73 Å². The van der Waals surface area contributed by atoms with Crippen LogP contribution in [0.5, 0.6) is 0 Å². The maximum atomic E-state index is 13.5. The van der Waals surface area contributed by atoms with Gasteiger partial charge in [-0.15, -0.1) is 0 Å². The SMILES string of the molecule is NCC1(C(O)c2cc(F)ccc2Br)CCCCCCC1. The molecule has 0 aliphatic heterocycles. The lowest BCUT2D eigenvalue weighted by molar-refractivity contribution is 0.00781. The summed E-state index contributed by atoms with van der Waals surface area (Å²) in [7, 11) is 0. The monoisotopic (exact) mass is 343 g/mol. The highest BCUT2D eigenvalue weighted by Gasteiger charge is 2.38. The summed E-state index contributed by atoms with van der Waals surface area (Å²) in [5, 5.41) is 10.8. The van der Waals surface area contributed by atoms with E-state index in [1.54, 1.807) is 6.07 Å². The first kappa shape index (κ1) is 15.9. The standard InChI is InChI=1S/C16H23BrFNO/c17-14-7-6-12(18)10-13(14)15(20)16(11-19)8-4-2-1-3-5-9-16/h6-7,10,15,20H,1-5,8-9,11,19H2. The van der Waals surface area contributed by atoms with Crippen molar-refractivity contribution in [3.8, 4) is 0 Å². The van der Waals surface area contributed by atoms with Gasteiger partial charge in [0.2, 0.25) is 0 Å². The average molecular weight is 344 g/mol. The number of nitrogens with two attached hydrogens (primary N) is 1. The van der Waals surface area contributed by atoms with Crippen molar-refractivity contribution < 1.29 is 9.50 Å². The third kappa shape index (κ3) is 3.41. The van der Waals surface area contributed by atoms with Gasteiger partial charge in [0.15, 0.2) is 0 Å². The van der Waals surface area contributed by atoms with Gasteiger partial charge in [0, 0.05) is 16.4 Å². The van der Waals surface area contributed by atoms with E-state index in [0.717, 1.165) is 30.2 Å². The Hall–Kier alpha value is -0.450. The van der Waals surface area contributed by atoms with Crippen molar-refractivity contribution in [3.05, 3.63) is 34.1 Å². The zero-order valence-corrected chi connectivity index (χ0v) is 13.3. The van der Waals surface area contributed by atoms with Gasteiger partial charge in [-0.05, 0) is 36.6 Å².